The van der Waals surface area contributed by atoms with E-state index in [-0.39, 0.29) is 5.91 Å². The second-order valence-corrected chi connectivity index (χ2v) is 6.78. The van der Waals surface area contributed by atoms with Crippen molar-refractivity contribution in [2.75, 3.05) is 13.1 Å². The van der Waals surface area contributed by atoms with Crippen molar-refractivity contribution in [2.45, 2.75) is 19.4 Å². The van der Waals surface area contributed by atoms with Crippen LogP contribution in [0.25, 0.3) is 10.9 Å². The summed E-state index contributed by atoms with van der Waals surface area (Å²) in [4.78, 5) is 18.0. The molecule has 1 amide bonds. The molecule has 26 heavy (non-hydrogen) atoms. The molecule has 0 saturated heterocycles. The van der Waals surface area contributed by atoms with E-state index >= 15 is 0 Å². The minimum absolute atomic E-state index is 0.0533. The first-order valence-electron chi connectivity index (χ1n) is 9.08. The molecule has 0 spiro atoms. The number of carbonyl (C=O) groups excluding carboxylic acids is 1. The lowest BCUT2D eigenvalue weighted by molar-refractivity contribution is -0.119. The molecule has 0 saturated carbocycles. The molecule has 3 aromatic rings. The van der Waals surface area contributed by atoms with Gasteiger partial charge in [0, 0.05) is 48.9 Å². The molecule has 2 heterocycles. The predicted molar refractivity (Wildman–Crippen MR) is 105 cm³/mol. The van der Waals surface area contributed by atoms with Gasteiger partial charge in [-0.1, -0.05) is 54.6 Å². The summed E-state index contributed by atoms with van der Waals surface area (Å²) < 4.78 is 0. The van der Waals surface area contributed by atoms with Crippen molar-refractivity contribution in [1.82, 2.24) is 15.2 Å². The number of hydrogen-bond donors (Lipinski definition) is 2. The average Bonchev–Trinajstić information content (AvgIpc) is 3.07. The van der Waals surface area contributed by atoms with E-state index in [0.717, 1.165) is 48.2 Å². The van der Waals surface area contributed by atoms with Gasteiger partial charge in [0.25, 0.3) is 0 Å². The molecule has 0 radical (unpaired) electrons. The minimum atomic E-state index is 0.0533. The fourth-order valence-corrected chi connectivity index (χ4v) is 3.48. The number of amides is 1. The number of hydrogen-bond acceptors (Lipinski definition) is 2. The zero-order chi connectivity index (χ0) is 17.8. The first-order chi connectivity index (χ1) is 12.8. The standard InChI is InChI=1S/C22H23N3O/c26-22(14-18-15-23-21-9-5-4-8-20(18)21)24-19-10-12-25(13-11-19)16-17-6-2-1-3-7-17/h1-10,15,23H,11-14,16H2,(H,24,26). The van der Waals surface area contributed by atoms with E-state index in [1.54, 1.807) is 0 Å². The van der Waals surface area contributed by atoms with Gasteiger partial charge in [-0.2, -0.15) is 0 Å². The third kappa shape index (κ3) is 3.86. The number of nitrogens with one attached hydrogen (secondary N) is 2. The maximum absolute atomic E-state index is 12.4. The summed E-state index contributed by atoms with van der Waals surface area (Å²) in [6, 6.07) is 18.6. The number of H-pyrrole nitrogens is 1. The number of aromatic amines is 1. The van der Waals surface area contributed by atoms with Gasteiger partial charge in [0.2, 0.25) is 5.91 Å². The Morgan fingerprint density at radius 2 is 1.88 bits per heavy atom. The number of rotatable bonds is 5. The van der Waals surface area contributed by atoms with Gasteiger partial charge < -0.3 is 10.3 Å². The second-order valence-electron chi connectivity index (χ2n) is 6.78. The lowest BCUT2D eigenvalue weighted by Gasteiger charge is -2.26. The van der Waals surface area contributed by atoms with Crippen molar-refractivity contribution in [3.05, 3.63) is 83.7 Å². The van der Waals surface area contributed by atoms with Gasteiger partial charge >= 0.3 is 0 Å². The van der Waals surface area contributed by atoms with Crippen LogP contribution in [0.5, 0.6) is 0 Å². The molecule has 0 bridgehead atoms. The van der Waals surface area contributed by atoms with Crippen LogP contribution in [0, 0.1) is 0 Å². The lowest BCUT2D eigenvalue weighted by Crippen LogP contribution is -2.34. The number of aromatic nitrogens is 1. The number of para-hydroxylation sites is 1. The molecule has 0 unspecified atom stereocenters. The smallest absolute Gasteiger partial charge is 0.228 e. The molecule has 4 nitrogen and oxygen atoms in total. The van der Waals surface area contributed by atoms with Crippen LogP contribution in [-0.4, -0.2) is 28.9 Å². The van der Waals surface area contributed by atoms with E-state index in [0.29, 0.717) is 6.42 Å². The van der Waals surface area contributed by atoms with Crippen LogP contribution < -0.4 is 5.32 Å². The third-order valence-electron chi connectivity index (χ3n) is 4.87. The fraction of sp³-hybridized carbons (Fsp3) is 0.227. The molecule has 1 aliphatic heterocycles. The number of benzene rings is 2. The summed E-state index contributed by atoms with van der Waals surface area (Å²) >= 11 is 0. The van der Waals surface area contributed by atoms with Crippen molar-refractivity contribution < 1.29 is 4.79 Å². The Bertz CT molecular complexity index is 927. The molecule has 2 N–H and O–H groups in total. The van der Waals surface area contributed by atoms with Gasteiger partial charge in [-0.15, -0.1) is 0 Å². The van der Waals surface area contributed by atoms with E-state index in [2.05, 4.69) is 51.6 Å². The van der Waals surface area contributed by atoms with Gasteiger partial charge in [0.05, 0.1) is 6.42 Å². The maximum Gasteiger partial charge on any atom is 0.228 e. The first kappa shape index (κ1) is 16.6. The molecule has 2 aromatic carbocycles. The van der Waals surface area contributed by atoms with Crippen molar-refractivity contribution in [3.63, 3.8) is 0 Å². The molecule has 0 aliphatic carbocycles. The summed E-state index contributed by atoms with van der Waals surface area (Å²) in [6.45, 7) is 2.79. The molecule has 132 valence electrons. The normalized spacial score (nSPS) is 15.0. The van der Waals surface area contributed by atoms with Crippen LogP contribution in [-0.2, 0) is 17.8 Å². The first-order valence-corrected chi connectivity index (χ1v) is 9.08. The Labute approximate surface area is 153 Å². The molecular weight excluding hydrogens is 322 g/mol. The summed E-state index contributed by atoms with van der Waals surface area (Å²) in [6.07, 6.45) is 5.35. The number of carbonyl (C=O) groups is 1. The zero-order valence-electron chi connectivity index (χ0n) is 14.7. The summed E-state index contributed by atoms with van der Waals surface area (Å²) in [5.74, 6) is 0.0533. The van der Waals surface area contributed by atoms with E-state index in [1.807, 2.05) is 30.5 Å². The van der Waals surface area contributed by atoms with Crippen LogP contribution in [0.2, 0.25) is 0 Å². The number of fused-ring (bicyclic) bond motifs is 1. The summed E-state index contributed by atoms with van der Waals surface area (Å²) in [7, 11) is 0. The summed E-state index contributed by atoms with van der Waals surface area (Å²) in [5.41, 5.74) is 4.48. The highest BCUT2D eigenvalue weighted by molar-refractivity contribution is 5.89. The van der Waals surface area contributed by atoms with Gasteiger partial charge in [0.15, 0.2) is 0 Å². The Morgan fingerprint density at radius 1 is 1.08 bits per heavy atom. The van der Waals surface area contributed by atoms with E-state index < -0.39 is 0 Å². The van der Waals surface area contributed by atoms with E-state index in [4.69, 9.17) is 0 Å². The molecule has 1 aliphatic rings. The lowest BCUT2D eigenvalue weighted by atomic mass is 10.1. The van der Waals surface area contributed by atoms with Crippen molar-refractivity contribution >= 4 is 16.8 Å². The Balaban J connectivity index is 1.32. The maximum atomic E-state index is 12.4. The SMILES string of the molecule is O=C(Cc1c[nH]c2ccccc12)NC1=CCN(Cc2ccccc2)CC1. The average molecular weight is 345 g/mol. The van der Waals surface area contributed by atoms with Crippen LogP contribution in [0.15, 0.2) is 72.6 Å². The zero-order valence-corrected chi connectivity index (χ0v) is 14.7. The van der Waals surface area contributed by atoms with E-state index in [9.17, 15) is 4.79 Å². The highest BCUT2D eigenvalue weighted by Gasteiger charge is 2.15. The number of nitrogens with zero attached hydrogens (tertiary/aromatic N) is 1. The predicted octanol–water partition coefficient (Wildman–Crippen LogP) is 3.62. The third-order valence-corrected chi connectivity index (χ3v) is 4.87. The minimum Gasteiger partial charge on any atom is -0.361 e. The van der Waals surface area contributed by atoms with E-state index in [1.165, 1.54) is 5.56 Å². The molecule has 1 aromatic heterocycles. The largest absolute Gasteiger partial charge is 0.361 e. The summed E-state index contributed by atoms with van der Waals surface area (Å²) in [5, 5.41) is 4.21. The van der Waals surface area contributed by atoms with Crippen LogP contribution >= 0.6 is 0 Å². The molecular formula is C22H23N3O. The fourth-order valence-electron chi connectivity index (χ4n) is 3.48. The highest BCUT2D eigenvalue weighted by atomic mass is 16.1. The molecule has 0 fully saturated rings. The van der Waals surface area contributed by atoms with Gasteiger partial charge in [-0.05, 0) is 17.2 Å². The van der Waals surface area contributed by atoms with Gasteiger partial charge in [0.1, 0.15) is 0 Å². The Morgan fingerprint density at radius 3 is 2.69 bits per heavy atom. The van der Waals surface area contributed by atoms with Gasteiger partial charge in [-0.3, -0.25) is 9.69 Å². The van der Waals surface area contributed by atoms with Crippen molar-refractivity contribution in [2.24, 2.45) is 0 Å². The Hall–Kier alpha value is -2.85. The van der Waals surface area contributed by atoms with Gasteiger partial charge in [-0.25, -0.2) is 0 Å². The van der Waals surface area contributed by atoms with Crippen LogP contribution in [0.4, 0.5) is 0 Å². The quantitative estimate of drug-likeness (QED) is 0.742. The molecule has 0 atom stereocenters. The highest BCUT2D eigenvalue weighted by Crippen LogP contribution is 2.18. The van der Waals surface area contributed by atoms with Crippen LogP contribution in [0.3, 0.4) is 0 Å². The molecule has 4 rings (SSSR count). The second kappa shape index (κ2) is 7.58. The monoisotopic (exact) mass is 345 g/mol. The Kier molecular flexibility index (Phi) is 4.84. The molecule has 4 heteroatoms. The van der Waals surface area contributed by atoms with Crippen LogP contribution in [0.1, 0.15) is 17.5 Å². The topological polar surface area (TPSA) is 48.1 Å². The van der Waals surface area contributed by atoms with Crippen molar-refractivity contribution in [3.8, 4) is 0 Å². The van der Waals surface area contributed by atoms with Crippen molar-refractivity contribution in [1.29, 1.82) is 0 Å².